The highest BCUT2D eigenvalue weighted by molar-refractivity contribution is 7.94. The fourth-order valence-corrected chi connectivity index (χ4v) is 20.9. The molecule has 1 amide bonds. The van der Waals surface area contributed by atoms with Crippen LogP contribution in [0.15, 0.2) is 194 Å². The van der Waals surface area contributed by atoms with Crippen molar-refractivity contribution in [2.24, 2.45) is 5.73 Å². The maximum Gasteiger partial charge on any atom is 0.303 e. The molecule has 0 spiro atoms. The van der Waals surface area contributed by atoms with Gasteiger partial charge in [0, 0.05) is 90.4 Å². The molecule has 4 aliphatic heterocycles. The highest BCUT2D eigenvalue weighted by Gasteiger charge is 2.39. The standard InChI is InChI=1S/C22H29N3O3S.C22H28N2O4S.C19H24N2O4S2.C19H24N2O3S/c1-16-12-13-18-20(15-16)29(27,28)25(2)19-10-7-6-9-17(19)22(18)24-14-8-4-3-5-11-21(23)26;1-16-12-13-18-20(15-16)29(27,28)24(2)19-10-7-6-9-17(19)22(18)23-14-8-4-3-5-11-21(25)26;1-21-17-8-5-4-7-15(17)19(20-11-6-12-25-2)16-10-9-14(26(3)22)13-18(16)27(21,23)24;1-14-9-10-16-18(13-14)25(22,23)21(2)17-8-5-4-7-15(17)19(16)20-11-6-12-24-3/h6-7,9-10,12-13,15,22,24H,3-5,8,11,14H2,1-2H3,(H2,23,26);6-7,9-10,12-13,15,22-23H,3-5,8,11,14H2,1-2H3,(H,25,26);4-5,7-10,13,19-20H,6,11-12H2,1-3H3;4-5,7-10,13,19-20H,6,11-12H2,1-3H3. The summed E-state index contributed by atoms with van der Waals surface area (Å²) in [6.45, 7) is 9.91. The fraction of sp³-hybridized carbons (Fsp3) is 0.390. The Balaban J connectivity index is 0.000000169. The zero-order valence-electron chi connectivity index (χ0n) is 64.4. The van der Waals surface area contributed by atoms with E-state index >= 15 is 0 Å². The molecule has 7 N–H and O–H groups in total. The molecule has 5 atom stereocenters. The fourth-order valence-electron chi connectivity index (χ4n) is 14.1. The average Bonchev–Trinajstić information content (AvgIpc) is 1.62. The van der Waals surface area contributed by atoms with E-state index in [0.29, 0.717) is 80.5 Å². The number of fused-ring (bicyclic) bond motifs is 8. The number of primary amides is 1. The van der Waals surface area contributed by atoms with Gasteiger partial charge in [-0.2, -0.15) is 0 Å². The number of hydrogen-bond acceptors (Lipinski definition) is 17. The first-order valence-corrected chi connectivity index (χ1v) is 44.3. The second-order valence-corrected chi connectivity index (χ2v) is 37.0. The first-order valence-electron chi connectivity index (χ1n) is 37.0. The lowest BCUT2D eigenvalue weighted by atomic mass is 9.96. The Morgan fingerprint density at radius 3 is 0.955 bits per heavy atom. The van der Waals surface area contributed by atoms with Crippen molar-refractivity contribution >= 4 is 85.5 Å². The number of amides is 1. The van der Waals surface area contributed by atoms with E-state index in [0.717, 1.165) is 133 Å². The maximum atomic E-state index is 13.3. The van der Waals surface area contributed by atoms with Gasteiger partial charge in [-0.15, -0.1) is 0 Å². The number of ether oxygens (including phenoxy) is 2. The molecule has 0 saturated carbocycles. The number of benzene rings is 8. The van der Waals surface area contributed by atoms with Crippen molar-refractivity contribution < 1.29 is 62.0 Å². The molecule has 4 heterocycles. The van der Waals surface area contributed by atoms with Crippen molar-refractivity contribution in [1.29, 1.82) is 0 Å². The van der Waals surface area contributed by atoms with E-state index in [4.69, 9.17) is 20.3 Å². The summed E-state index contributed by atoms with van der Waals surface area (Å²) >= 11 is 0. The first kappa shape index (κ1) is 85.6. The lowest BCUT2D eigenvalue weighted by Crippen LogP contribution is -2.26. The van der Waals surface area contributed by atoms with Crippen molar-refractivity contribution in [3.8, 4) is 0 Å². The molecule has 110 heavy (non-hydrogen) atoms. The molecule has 0 bridgehead atoms. The molecule has 5 unspecified atom stereocenters. The number of aliphatic carboxylic acids is 1. The number of aryl methyl sites for hydroxylation is 3. The third-order valence-corrected chi connectivity index (χ3v) is 28.3. The topological polar surface area (TPSA) is 314 Å². The SMILES string of the molecule is COCCCNC1c2ccccc2N(C)S(=O)(=O)c2cc(C)ccc21.COCCCNC1c2ccccc2N(C)S(=O)(=O)c2cc(S(C)=O)ccc21.Cc1ccc2c(c1)S(=O)(=O)N(C)c1ccccc1C2NCCCCCCC(=O)O.Cc1ccc2c(c1)S(=O)(=O)N(C)c1ccccc1C2NCCCCCCC(N)=O. The summed E-state index contributed by atoms with van der Waals surface area (Å²) in [5.41, 5.74) is 17.4. The van der Waals surface area contributed by atoms with Crippen LogP contribution >= 0.6 is 0 Å². The average molecular weight is 1600 g/mol. The summed E-state index contributed by atoms with van der Waals surface area (Å²) in [5.74, 6) is -1.01. The molecule has 28 heteroatoms. The number of carbonyl (C=O) groups excluding carboxylic acids is 1. The number of unbranched alkanes of at least 4 members (excludes halogenated alkanes) is 6. The lowest BCUT2D eigenvalue weighted by Gasteiger charge is -2.22. The summed E-state index contributed by atoms with van der Waals surface area (Å²) in [4.78, 5) is 23.2. The maximum absolute atomic E-state index is 13.3. The highest BCUT2D eigenvalue weighted by Crippen LogP contribution is 2.45. The van der Waals surface area contributed by atoms with Crippen LogP contribution in [-0.2, 0) is 70.0 Å². The Kier molecular flexibility index (Phi) is 30.1. The normalized spacial score (nSPS) is 18.0. The molecule has 0 fully saturated rings. The van der Waals surface area contributed by atoms with Gasteiger partial charge in [-0.3, -0.25) is 31.0 Å². The minimum absolute atomic E-state index is 0.177. The van der Waals surface area contributed by atoms with Crippen LogP contribution in [0, 0.1) is 20.8 Å². The number of anilines is 4. The minimum atomic E-state index is -3.76. The molecule has 8 aromatic carbocycles. The molecule has 592 valence electrons. The smallest absolute Gasteiger partial charge is 0.303 e. The van der Waals surface area contributed by atoms with E-state index in [1.807, 2.05) is 154 Å². The van der Waals surface area contributed by atoms with Gasteiger partial charge in [0.25, 0.3) is 40.1 Å². The summed E-state index contributed by atoms with van der Waals surface area (Å²) in [6, 6.07) is 51.4. The molecule has 12 rings (SSSR count). The number of methoxy groups -OCH3 is 2. The van der Waals surface area contributed by atoms with Gasteiger partial charge < -0.3 is 41.6 Å². The summed E-state index contributed by atoms with van der Waals surface area (Å²) in [6.07, 6.45) is 11.0. The summed E-state index contributed by atoms with van der Waals surface area (Å²) in [7, 11) is -6.16. The number of carbonyl (C=O) groups is 2. The van der Waals surface area contributed by atoms with Crippen molar-refractivity contribution in [3.63, 3.8) is 0 Å². The highest BCUT2D eigenvalue weighted by atomic mass is 32.2. The Bertz CT molecular complexity index is 4890. The van der Waals surface area contributed by atoms with Gasteiger partial charge in [0.05, 0.1) is 66.5 Å². The van der Waals surface area contributed by atoms with E-state index < -0.39 is 56.9 Å². The molecular weight excluding hydrogens is 1500 g/mol. The molecule has 8 aromatic rings. The van der Waals surface area contributed by atoms with Gasteiger partial charge in [0.1, 0.15) is 0 Å². The van der Waals surface area contributed by atoms with E-state index in [-0.39, 0.29) is 41.4 Å². The summed E-state index contributed by atoms with van der Waals surface area (Å²) < 4.78 is 133. The predicted octanol–water partition coefficient (Wildman–Crippen LogP) is 12.2. The van der Waals surface area contributed by atoms with Gasteiger partial charge in [0.15, 0.2) is 0 Å². The zero-order valence-corrected chi connectivity index (χ0v) is 68.4. The van der Waals surface area contributed by atoms with E-state index in [1.165, 1.54) is 23.3 Å². The van der Waals surface area contributed by atoms with Crippen LogP contribution in [0.2, 0.25) is 0 Å². The third-order valence-electron chi connectivity index (χ3n) is 20.1. The van der Waals surface area contributed by atoms with E-state index in [9.17, 15) is 47.5 Å². The van der Waals surface area contributed by atoms with Crippen LogP contribution in [0.1, 0.15) is 162 Å². The van der Waals surface area contributed by atoms with Crippen molar-refractivity contribution in [1.82, 2.24) is 21.3 Å². The Morgan fingerprint density at radius 2 is 0.664 bits per heavy atom. The third kappa shape index (κ3) is 20.1. The number of nitrogens with two attached hydrogens (primary N) is 1. The Hall–Kier alpha value is -8.39. The van der Waals surface area contributed by atoms with Gasteiger partial charge in [-0.05, 0) is 201 Å². The number of sulfonamides is 4. The second kappa shape index (κ2) is 38.7. The minimum Gasteiger partial charge on any atom is -0.481 e. The van der Waals surface area contributed by atoms with Gasteiger partial charge >= 0.3 is 5.97 Å². The largest absolute Gasteiger partial charge is 0.481 e. The lowest BCUT2D eigenvalue weighted by molar-refractivity contribution is -0.137. The van der Waals surface area contributed by atoms with Crippen molar-refractivity contribution in [3.05, 3.63) is 231 Å². The predicted molar refractivity (Wildman–Crippen MR) is 436 cm³/mol. The number of carboxylic acid groups (broad SMARTS) is 1. The number of para-hydroxylation sites is 4. The van der Waals surface area contributed by atoms with Crippen LogP contribution in [0.25, 0.3) is 0 Å². The second-order valence-electron chi connectivity index (χ2n) is 27.8. The van der Waals surface area contributed by atoms with Crippen molar-refractivity contribution in [2.45, 2.75) is 146 Å². The molecule has 0 saturated heterocycles. The molecular formula is C82H105N9O14S5. The van der Waals surface area contributed by atoms with E-state index in [1.54, 1.807) is 79.0 Å². The van der Waals surface area contributed by atoms with Crippen LogP contribution in [-0.4, -0.2) is 143 Å². The molecule has 0 aromatic heterocycles. The van der Waals surface area contributed by atoms with Gasteiger partial charge in [-0.1, -0.05) is 141 Å². The molecule has 0 radical (unpaired) electrons. The first-order chi connectivity index (χ1) is 52.5. The molecule has 23 nitrogen and oxygen atoms in total. The Morgan fingerprint density at radius 1 is 0.391 bits per heavy atom. The number of carboxylic acids is 1. The van der Waals surface area contributed by atoms with Crippen LogP contribution in [0.3, 0.4) is 0 Å². The number of nitrogens with zero attached hydrogens (tertiary/aromatic N) is 4. The Labute approximate surface area is 653 Å². The quantitative estimate of drug-likeness (QED) is 0.0261. The number of hydrogen-bond donors (Lipinski definition) is 6. The van der Waals surface area contributed by atoms with Crippen LogP contribution in [0.5, 0.6) is 0 Å². The summed E-state index contributed by atoms with van der Waals surface area (Å²) in [5, 5.41) is 22.8. The number of nitrogens with one attached hydrogen (secondary N) is 4. The van der Waals surface area contributed by atoms with Gasteiger partial charge in [0.2, 0.25) is 5.91 Å². The zero-order chi connectivity index (χ0) is 79.7. The number of rotatable bonds is 27. The van der Waals surface area contributed by atoms with Crippen LogP contribution in [0.4, 0.5) is 22.7 Å². The monoisotopic (exact) mass is 1600 g/mol. The van der Waals surface area contributed by atoms with Crippen molar-refractivity contribution in [2.75, 3.05) is 105 Å². The van der Waals surface area contributed by atoms with Crippen LogP contribution < -0.4 is 44.2 Å². The molecule has 0 aliphatic carbocycles. The van der Waals surface area contributed by atoms with E-state index in [2.05, 4.69) is 21.3 Å². The van der Waals surface area contributed by atoms with Gasteiger partial charge in [-0.25, -0.2) is 33.7 Å². The molecule has 4 aliphatic rings.